The number of fused-ring (bicyclic) bond motifs is 1. The Morgan fingerprint density at radius 2 is 2.05 bits per heavy atom. The normalized spacial score (nSPS) is 17.4. The minimum Gasteiger partial charge on any atom is -0.496 e. The van der Waals surface area contributed by atoms with Crippen LogP contribution in [0.3, 0.4) is 0 Å². The van der Waals surface area contributed by atoms with E-state index in [1.807, 2.05) is 18.2 Å². The molecule has 2 aromatic rings. The molecular formula is C18H20ClNO. The van der Waals surface area contributed by atoms with Crippen molar-refractivity contribution in [1.82, 2.24) is 0 Å². The maximum absolute atomic E-state index is 6.44. The molecule has 0 radical (unpaired) electrons. The first-order valence-corrected chi connectivity index (χ1v) is 7.76. The highest BCUT2D eigenvalue weighted by Crippen LogP contribution is 2.41. The molecule has 0 aromatic heterocycles. The smallest absolute Gasteiger partial charge is 0.128 e. The molecular weight excluding hydrogens is 282 g/mol. The third-order valence-corrected chi connectivity index (χ3v) is 4.70. The van der Waals surface area contributed by atoms with E-state index in [0.717, 1.165) is 42.1 Å². The van der Waals surface area contributed by atoms with Crippen LogP contribution in [0.25, 0.3) is 11.1 Å². The first-order chi connectivity index (χ1) is 10.2. The molecule has 2 aromatic carbocycles. The van der Waals surface area contributed by atoms with Gasteiger partial charge in [0, 0.05) is 5.56 Å². The van der Waals surface area contributed by atoms with Crippen LogP contribution in [0.4, 0.5) is 0 Å². The molecule has 1 aliphatic rings. The molecule has 2 nitrogen and oxygen atoms in total. The van der Waals surface area contributed by atoms with Crippen molar-refractivity contribution in [2.75, 3.05) is 13.7 Å². The molecule has 0 spiro atoms. The average molecular weight is 302 g/mol. The van der Waals surface area contributed by atoms with Gasteiger partial charge < -0.3 is 10.5 Å². The van der Waals surface area contributed by atoms with E-state index < -0.39 is 0 Å². The number of ether oxygens (including phenoxy) is 1. The second-order valence-electron chi connectivity index (χ2n) is 5.60. The number of hydrogen-bond acceptors (Lipinski definition) is 2. The minimum atomic E-state index is 0.598. The van der Waals surface area contributed by atoms with Crippen LogP contribution in [0.1, 0.15) is 17.5 Å². The molecule has 0 saturated heterocycles. The minimum absolute atomic E-state index is 0.598. The fourth-order valence-corrected chi connectivity index (χ4v) is 3.52. The van der Waals surface area contributed by atoms with Gasteiger partial charge in [0.2, 0.25) is 0 Å². The highest BCUT2D eigenvalue weighted by molar-refractivity contribution is 6.33. The van der Waals surface area contributed by atoms with Crippen molar-refractivity contribution in [1.29, 1.82) is 0 Å². The topological polar surface area (TPSA) is 35.2 Å². The standard InChI is InChI=1S/C18H20ClNO/c1-21-17-7-3-6-16(19)18(17)15-5-2-4-13-10-12(11-20)8-9-14(13)15/h2-7,12H,8-11,20H2,1H3. The van der Waals surface area contributed by atoms with E-state index in [1.165, 1.54) is 16.7 Å². The number of hydrogen-bond donors (Lipinski definition) is 1. The van der Waals surface area contributed by atoms with Gasteiger partial charge in [-0.25, -0.2) is 0 Å². The zero-order chi connectivity index (χ0) is 14.8. The first-order valence-electron chi connectivity index (χ1n) is 7.38. The summed E-state index contributed by atoms with van der Waals surface area (Å²) < 4.78 is 5.51. The highest BCUT2D eigenvalue weighted by atomic mass is 35.5. The summed E-state index contributed by atoms with van der Waals surface area (Å²) in [7, 11) is 1.69. The fraction of sp³-hybridized carbons (Fsp3) is 0.333. The summed E-state index contributed by atoms with van der Waals surface area (Å²) in [6, 6.07) is 12.3. The van der Waals surface area contributed by atoms with Crippen LogP contribution in [-0.4, -0.2) is 13.7 Å². The van der Waals surface area contributed by atoms with Gasteiger partial charge in [-0.15, -0.1) is 0 Å². The summed E-state index contributed by atoms with van der Waals surface area (Å²) >= 11 is 6.44. The summed E-state index contributed by atoms with van der Waals surface area (Å²) in [5, 5.41) is 0.740. The first kappa shape index (κ1) is 14.4. The van der Waals surface area contributed by atoms with Crippen molar-refractivity contribution in [2.24, 2.45) is 11.7 Å². The summed E-state index contributed by atoms with van der Waals surface area (Å²) in [6.45, 7) is 0.763. The summed E-state index contributed by atoms with van der Waals surface area (Å²) in [6.07, 6.45) is 3.27. The third kappa shape index (κ3) is 2.66. The van der Waals surface area contributed by atoms with Gasteiger partial charge in [0.25, 0.3) is 0 Å². The third-order valence-electron chi connectivity index (χ3n) is 4.38. The van der Waals surface area contributed by atoms with E-state index in [1.54, 1.807) is 7.11 Å². The molecule has 0 fully saturated rings. The Bertz CT molecular complexity index is 654. The maximum atomic E-state index is 6.44. The molecule has 3 rings (SSSR count). The van der Waals surface area contributed by atoms with Gasteiger partial charge in [-0.3, -0.25) is 0 Å². The largest absolute Gasteiger partial charge is 0.496 e. The van der Waals surface area contributed by atoms with Gasteiger partial charge in [-0.2, -0.15) is 0 Å². The molecule has 0 aliphatic heterocycles. The van der Waals surface area contributed by atoms with Crippen LogP contribution in [0.5, 0.6) is 5.75 Å². The molecule has 0 amide bonds. The Hall–Kier alpha value is -1.51. The Kier molecular flexibility index (Phi) is 4.18. The van der Waals surface area contributed by atoms with E-state index in [-0.39, 0.29) is 0 Å². The predicted molar refractivity (Wildman–Crippen MR) is 88.0 cm³/mol. The zero-order valence-corrected chi connectivity index (χ0v) is 13.0. The van der Waals surface area contributed by atoms with Crippen molar-refractivity contribution in [3.63, 3.8) is 0 Å². The fourth-order valence-electron chi connectivity index (χ4n) is 3.25. The van der Waals surface area contributed by atoms with E-state index >= 15 is 0 Å². The average Bonchev–Trinajstić information content (AvgIpc) is 2.53. The van der Waals surface area contributed by atoms with Crippen molar-refractivity contribution >= 4 is 11.6 Å². The Balaban J connectivity index is 2.13. The lowest BCUT2D eigenvalue weighted by atomic mass is 9.80. The molecule has 1 aliphatic carbocycles. The highest BCUT2D eigenvalue weighted by Gasteiger charge is 2.22. The lowest BCUT2D eigenvalue weighted by Gasteiger charge is -2.26. The van der Waals surface area contributed by atoms with Gasteiger partial charge in [0.15, 0.2) is 0 Å². The zero-order valence-electron chi connectivity index (χ0n) is 12.2. The number of halogens is 1. The predicted octanol–water partition coefficient (Wildman–Crippen LogP) is 4.08. The van der Waals surface area contributed by atoms with Crippen molar-refractivity contribution in [2.45, 2.75) is 19.3 Å². The maximum Gasteiger partial charge on any atom is 0.128 e. The Morgan fingerprint density at radius 3 is 2.81 bits per heavy atom. The quantitative estimate of drug-likeness (QED) is 0.927. The van der Waals surface area contributed by atoms with E-state index in [2.05, 4.69) is 18.2 Å². The number of benzene rings is 2. The van der Waals surface area contributed by atoms with Crippen LogP contribution in [-0.2, 0) is 12.8 Å². The summed E-state index contributed by atoms with van der Waals surface area (Å²) in [5.74, 6) is 1.43. The van der Waals surface area contributed by atoms with E-state index in [9.17, 15) is 0 Å². The number of rotatable bonds is 3. The molecule has 110 valence electrons. The molecule has 21 heavy (non-hydrogen) atoms. The molecule has 0 bridgehead atoms. The molecule has 0 saturated carbocycles. The molecule has 0 heterocycles. The van der Waals surface area contributed by atoms with Gasteiger partial charge in [0.1, 0.15) is 5.75 Å². The molecule has 1 unspecified atom stereocenters. The molecule has 2 N–H and O–H groups in total. The van der Waals surface area contributed by atoms with Gasteiger partial charge in [-0.1, -0.05) is 35.9 Å². The second kappa shape index (κ2) is 6.08. The van der Waals surface area contributed by atoms with E-state index in [4.69, 9.17) is 22.1 Å². The van der Waals surface area contributed by atoms with Crippen molar-refractivity contribution in [3.8, 4) is 16.9 Å². The lowest BCUT2D eigenvalue weighted by molar-refractivity contribution is 0.416. The Morgan fingerprint density at radius 1 is 1.24 bits per heavy atom. The van der Waals surface area contributed by atoms with Crippen LogP contribution >= 0.6 is 11.6 Å². The summed E-state index contributed by atoms with van der Waals surface area (Å²) in [5.41, 5.74) is 10.8. The van der Waals surface area contributed by atoms with Gasteiger partial charge in [-0.05, 0) is 60.5 Å². The molecule has 1 atom stereocenters. The van der Waals surface area contributed by atoms with E-state index in [0.29, 0.717) is 5.92 Å². The van der Waals surface area contributed by atoms with Crippen LogP contribution in [0.15, 0.2) is 36.4 Å². The van der Waals surface area contributed by atoms with Crippen molar-refractivity contribution < 1.29 is 4.74 Å². The summed E-state index contributed by atoms with van der Waals surface area (Å²) in [4.78, 5) is 0. The Labute approximate surface area is 130 Å². The number of nitrogens with two attached hydrogens (primary N) is 1. The van der Waals surface area contributed by atoms with Gasteiger partial charge >= 0.3 is 0 Å². The SMILES string of the molecule is COc1cccc(Cl)c1-c1cccc2c1CCC(CN)C2. The monoisotopic (exact) mass is 301 g/mol. The van der Waals surface area contributed by atoms with Crippen molar-refractivity contribution in [3.05, 3.63) is 52.5 Å². The lowest BCUT2D eigenvalue weighted by Crippen LogP contribution is -2.22. The molecule has 3 heteroatoms. The number of methoxy groups -OCH3 is 1. The van der Waals surface area contributed by atoms with Crippen LogP contribution in [0, 0.1) is 5.92 Å². The second-order valence-corrected chi connectivity index (χ2v) is 6.01. The van der Waals surface area contributed by atoms with Crippen LogP contribution in [0.2, 0.25) is 5.02 Å². The van der Waals surface area contributed by atoms with Gasteiger partial charge in [0.05, 0.1) is 12.1 Å². The van der Waals surface area contributed by atoms with Crippen LogP contribution < -0.4 is 10.5 Å².